The predicted molar refractivity (Wildman–Crippen MR) is 121 cm³/mol. The third kappa shape index (κ3) is 6.37. The lowest BCUT2D eigenvalue weighted by atomic mass is 10.1. The summed E-state index contributed by atoms with van der Waals surface area (Å²) in [6, 6.07) is 19.5. The number of rotatable bonds is 10. The summed E-state index contributed by atoms with van der Waals surface area (Å²) in [5.74, 6) is 2.06. The molecule has 0 aromatic heterocycles. The van der Waals surface area contributed by atoms with E-state index in [0.717, 1.165) is 22.6 Å². The molecule has 0 fully saturated rings. The molecular formula is C26H26O5. The first-order chi connectivity index (χ1) is 15.1. The number of hydrogen-bond acceptors (Lipinski definition) is 5. The average molecular weight is 418 g/mol. The van der Waals surface area contributed by atoms with Gasteiger partial charge in [0.25, 0.3) is 0 Å². The Hall–Kier alpha value is -3.73. The van der Waals surface area contributed by atoms with Crippen molar-refractivity contribution in [2.45, 2.75) is 20.5 Å². The SMILES string of the molecule is CCOc1ccc(COc2ccc(/C=C/C(=O)c3cccc(O)c3)cc2)cc1OCC. The van der Waals surface area contributed by atoms with Gasteiger partial charge in [-0.1, -0.05) is 36.4 Å². The Morgan fingerprint density at radius 1 is 0.871 bits per heavy atom. The van der Waals surface area contributed by atoms with Crippen LogP contribution in [0.25, 0.3) is 6.08 Å². The number of ether oxygens (including phenoxy) is 3. The third-order valence-corrected chi connectivity index (χ3v) is 4.45. The molecule has 160 valence electrons. The molecule has 0 heterocycles. The van der Waals surface area contributed by atoms with Crippen LogP contribution in [0, 0.1) is 0 Å². The van der Waals surface area contributed by atoms with Crippen LogP contribution >= 0.6 is 0 Å². The van der Waals surface area contributed by atoms with E-state index in [9.17, 15) is 9.90 Å². The summed E-state index contributed by atoms with van der Waals surface area (Å²) in [5, 5.41) is 9.49. The smallest absolute Gasteiger partial charge is 0.185 e. The lowest BCUT2D eigenvalue weighted by molar-refractivity contribution is 0.104. The molecule has 1 N–H and O–H groups in total. The molecular weight excluding hydrogens is 392 g/mol. The van der Waals surface area contributed by atoms with Gasteiger partial charge in [-0.25, -0.2) is 0 Å². The minimum absolute atomic E-state index is 0.0710. The van der Waals surface area contributed by atoms with Crippen LogP contribution in [0.4, 0.5) is 0 Å². The van der Waals surface area contributed by atoms with E-state index >= 15 is 0 Å². The maximum atomic E-state index is 12.2. The summed E-state index contributed by atoms with van der Waals surface area (Å²) in [7, 11) is 0. The molecule has 3 aromatic rings. The van der Waals surface area contributed by atoms with E-state index in [0.29, 0.717) is 31.1 Å². The van der Waals surface area contributed by atoms with Crippen molar-refractivity contribution in [2.24, 2.45) is 0 Å². The van der Waals surface area contributed by atoms with Gasteiger partial charge < -0.3 is 19.3 Å². The highest BCUT2D eigenvalue weighted by atomic mass is 16.5. The Morgan fingerprint density at radius 2 is 1.61 bits per heavy atom. The molecule has 0 radical (unpaired) electrons. The predicted octanol–water partition coefficient (Wildman–Crippen LogP) is 5.66. The molecule has 0 saturated carbocycles. The van der Waals surface area contributed by atoms with Crippen LogP contribution < -0.4 is 14.2 Å². The van der Waals surface area contributed by atoms with Crippen molar-refractivity contribution >= 4 is 11.9 Å². The van der Waals surface area contributed by atoms with Gasteiger partial charge in [0.1, 0.15) is 18.1 Å². The molecule has 0 bridgehead atoms. The fraction of sp³-hybridized carbons (Fsp3) is 0.192. The monoisotopic (exact) mass is 418 g/mol. The van der Waals surface area contributed by atoms with Crippen LogP contribution in [0.3, 0.4) is 0 Å². The van der Waals surface area contributed by atoms with E-state index < -0.39 is 0 Å². The molecule has 0 spiro atoms. The first-order valence-electron chi connectivity index (χ1n) is 10.2. The van der Waals surface area contributed by atoms with Crippen molar-refractivity contribution in [3.8, 4) is 23.0 Å². The van der Waals surface area contributed by atoms with Gasteiger partial charge in [0.05, 0.1) is 13.2 Å². The third-order valence-electron chi connectivity index (χ3n) is 4.45. The summed E-state index contributed by atoms with van der Waals surface area (Å²) in [6.45, 7) is 5.42. The van der Waals surface area contributed by atoms with Crippen LogP contribution in [0.2, 0.25) is 0 Å². The van der Waals surface area contributed by atoms with Gasteiger partial charge in [-0.3, -0.25) is 4.79 Å². The number of ketones is 1. The second-order valence-corrected chi connectivity index (χ2v) is 6.75. The second-order valence-electron chi connectivity index (χ2n) is 6.75. The number of carbonyl (C=O) groups excluding carboxylic acids is 1. The van der Waals surface area contributed by atoms with E-state index in [1.54, 1.807) is 18.2 Å². The summed E-state index contributed by atoms with van der Waals surface area (Å²) in [4.78, 5) is 12.2. The van der Waals surface area contributed by atoms with E-state index in [2.05, 4.69) is 0 Å². The number of hydrogen-bond donors (Lipinski definition) is 1. The first kappa shape index (κ1) is 22.0. The summed E-state index contributed by atoms with van der Waals surface area (Å²) < 4.78 is 17.1. The van der Waals surface area contributed by atoms with E-state index in [4.69, 9.17) is 14.2 Å². The second kappa shape index (κ2) is 10.9. The first-order valence-corrected chi connectivity index (χ1v) is 10.2. The standard InChI is InChI=1S/C26H26O5/c1-3-29-25-15-11-20(16-26(25)30-4-2)18-31-23-12-8-19(9-13-23)10-14-24(28)21-6-5-7-22(27)17-21/h5-17,27H,3-4,18H2,1-2H3/b14-10+. The minimum atomic E-state index is -0.170. The fourth-order valence-corrected chi connectivity index (χ4v) is 2.95. The zero-order chi connectivity index (χ0) is 22.1. The average Bonchev–Trinajstić information content (AvgIpc) is 2.78. The number of aromatic hydroxyl groups is 1. The van der Waals surface area contributed by atoms with Crippen LogP contribution in [-0.4, -0.2) is 24.1 Å². The summed E-state index contributed by atoms with van der Waals surface area (Å²) in [6.07, 6.45) is 3.22. The Labute approximate surface area is 182 Å². The van der Waals surface area contributed by atoms with Crippen molar-refractivity contribution in [1.82, 2.24) is 0 Å². The van der Waals surface area contributed by atoms with Gasteiger partial charge >= 0.3 is 0 Å². The highest BCUT2D eigenvalue weighted by Crippen LogP contribution is 2.29. The molecule has 31 heavy (non-hydrogen) atoms. The molecule has 0 atom stereocenters. The fourth-order valence-electron chi connectivity index (χ4n) is 2.95. The van der Waals surface area contributed by atoms with Crippen molar-refractivity contribution in [3.63, 3.8) is 0 Å². The lowest BCUT2D eigenvalue weighted by Gasteiger charge is -2.13. The van der Waals surface area contributed by atoms with E-state index in [1.807, 2.05) is 56.3 Å². The maximum Gasteiger partial charge on any atom is 0.185 e. The van der Waals surface area contributed by atoms with Crippen molar-refractivity contribution in [1.29, 1.82) is 0 Å². The molecule has 5 heteroatoms. The molecule has 5 nitrogen and oxygen atoms in total. The quantitative estimate of drug-likeness (QED) is 0.340. The van der Waals surface area contributed by atoms with Crippen LogP contribution in [0.1, 0.15) is 35.3 Å². The number of benzene rings is 3. The van der Waals surface area contributed by atoms with Crippen molar-refractivity contribution in [3.05, 3.63) is 89.5 Å². The molecule has 0 amide bonds. The zero-order valence-corrected chi connectivity index (χ0v) is 17.7. The number of phenols is 1. The number of phenolic OH excluding ortho intramolecular Hbond substituents is 1. The number of carbonyl (C=O) groups is 1. The minimum Gasteiger partial charge on any atom is -0.508 e. The van der Waals surface area contributed by atoms with Crippen LogP contribution in [-0.2, 0) is 6.61 Å². The molecule has 0 aliphatic heterocycles. The van der Waals surface area contributed by atoms with Gasteiger partial charge in [0.2, 0.25) is 0 Å². The summed E-state index contributed by atoms with van der Waals surface area (Å²) >= 11 is 0. The van der Waals surface area contributed by atoms with Crippen molar-refractivity contribution in [2.75, 3.05) is 13.2 Å². The Bertz CT molecular complexity index is 1040. The van der Waals surface area contributed by atoms with Gasteiger partial charge in [-0.2, -0.15) is 0 Å². The number of allylic oxidation sites excluding steroid dienone is 1. The Morgan fingerprint density at radius 3 is 2.32 bits per heavy atom. The highest BCUT2D eigenvalue weighted by Gasteiger charge is 2.07. The molecule has 3 aromatic carbocycles. The Balaban J connectivity index is 1.59. The van der Waals surface area contributed by atoms with Gasteiger partial charge in [-0.15, -0.1) is 0 Å². The van der Waals surface area contributed by atoms with Crippen LogP contribution in [0.15, 0.2) is 72.8 Å². The van der Waals surface area contributed by atoms with E-state index in [1.165, 1.54) is 18.2 Å². The molecule has 0 saturated heterocycles. The highest BCUT2D eigenvalue weighted by molar-refractivity contribution is 6.07. The van der Waals surface area contributed by atoms with Crippen molar-refractivity contribution < 1.29 is 24.1 Å². The normalized spacial score (nSPS) is 10.8. The molecule has 3 rings (SSSR count). The molecule has 0 aliphatic rings. The molecule has 0 aliphatic carbocycles. The maximum absolute atomic E-state index is 12.2. The molecule has 0 unspecified atom stereocenters. The Kier molecular flexibility index (Phi) is 7.71. The lowest BCUT2D eigenvalue weighted by Crippen LogP contribution is -2.01. The topological polar surface area (TPSA) is 65.0 Å². The van der Waals surface area contributed by atoms with Gasteiger partial charge in [-0.05, 0) is 67.4 Å². The van der Waals surface area contributed by atoms with E-state index in [-0.39, 0.29) is 11.5 Å². The van der Waals surface area contributed by atoms with Gasteiger partial charge in [0, 0.05) is 5.56 Å². The zero-order valence-electron chi connectivity index (χ0n) is 17.7. The van der Waals surface area contributed by atoms with Crippen LogP contribution in [0.5, 0.6) is 23.0 Å². The van der Waals surface area contributed by atoms with Gasteiger partial charge in [0.15, 0.2) is 17.3 Å². The summed E-state index contributed by atoms with van der Waals surface area (Å²) in [5.41, 5.74) is 2.30. The largest absolute Gasteiger partial charge is 0.508 e.